The zero-order chi connectivity index (χ0) is 33.6. The molecule has 1 N–H and O–H groups in total. The van der Waals surface area contributed by atoms with Crippen molar-refractivity contribution in [2.75, 3.05) is 0 Å². The van der Waals surface area contributed by atoms with E-state index in [4.69, 9.17) is 4.98 Å². The van der Waals surface area contributed by atoms with Gasteiger partial charge in [-0.2, -0.15) is 0 Å². The minimum Gasteiger partial charge on any atom is -0.512 e. The van der Waals surface area contributed by atoms with E-state index in [0.29, 0.717) is 0 Å². The van der Waals surface area contributed by atoms with Gasteiger partial charge in [-0.3, -0.25) is 9.78 Å². The van der Waals surface area contributed by atoms with Crippen molar-refractivity contribution < 1.29 is 30.0 Å². The number of carbonyl (C=O) groups excluding carboxylic acids is 1. The molecule has 0 aliphatic carbocycles. The van der Waals surface area contributed by atoms with Gasteiger partial charge in [0.15, 0.2) is 5.78 Å². The van der Waals surface area contributed by atoms with Gasteiger partial charge in [0.25, 0.3) is 0 Å². The maximum Gasteiger partial charge on any atom is 0.164 e. The third-order valence-corrected chi connectivity index (χ3v) is 9.22. The van der Waals surface area contributed by atoms with Crippen molar-refractivity contribution in [1.82, 2.24) is 4.98 Å². The number of pyridine rings is 1. The van der Waals surface area contributed by atoms with Crippen LogP contribution in [0.1, 0.15) is 113 Å². The van der Waals surface area contributed by atoms with Crippen LogP contribution in [0.4, 0.5) is 0 Å². The molecule has 1 heterocycles. The Bertz CT molecular complexity index is 1630. The van der Waals surface area contributed by atoms with Crippen molar-refractivity contribution >= 4 is 27.5 Å². The number of benzene rings is 3. The van der Waals surface area contributed by atoms with E-state index in [0.717, 1.165) is 54.3 Å². The number of hydrogen-bond acceptors (Lipinski definition) is 3. The Morgan fingerprint density at radius 1 is 0.848 bits per heavy atom. The summed E-state index contributed by atoms with van der Waals surface area (Å²) in [6, 6.07) is 25.3. The number of aliphatic hydroxyl groups is 1. The van der Waals surface area contributed by atoms with Crippen molar-refractivity contribution in [3.05, 3.63) is 89.7 Å². The van der Waals surface area contributed by atoms with E-state index < -0.39 is 0 Å². The predicted octanol–water partition coefficient (Wildman–Crippen LogP) is 12.0. The number of fused-ring (bicyclic) bond motifs is 2. The Balaban J connectivity index is 0.000000373. The van der Waals surface area contributed by atoms with E-state index in [2.05, 4.69) is 108 Å². The van der Waals surface area contributed by atoms with Crippen molar-refractivity contribution in [2.24, 2.45) is 16.7 Å². The number of ketones is 1. The average molecular weight is 799 g/mol. The quantitative estimate of drug-likeness (QED) is 0.104. The molecule has 0 saturated carbocycles. The van der Waals surface area contributed by atoms with Crippen LogP contribution in [-0.4, -0.2) is 15.9 Å². The summed E-state index contributed by atoms with van der Waals surface area (Å²) in [4.78, 5) is 17.1. The van der Waals surface area contributed by atoms with Gasteiger partial charge >= 0.3 is 0 Å². The maximum absolute atomic E-state index is 12.0. The molecule has 0 spiro atoms. The molecule has 46 heavy (non-hydrogen) atoms. The molecule has 4 rings (SSSR count). The van der Waals surface area contributed by atoms with Gasteiger partial charge in [0.1, 0.15) is 0 Å². The van der Waals surface area contributed by atoms with Gasteiger partial charge in [0.05, 0.1) is 11.3 Å². The number of para-hydroxylation sites is 1. The molecule has 0 bridgehead atoms. The standard InChI is InChI=1S/C28H30N.C14H26O2.Ir/c1-27(2,3)18-21-17-26(29-25-14-10-9-13-23(21)25)20-15-19-11-7-8-12-22(19)24(16-20)28(4,5)6;1-6-11(7-2)12(15)10-13(16)14(5,8-3)9-4;/h7-14,16-17H,18H2,1-6H3;10-11,15H,6-9H2,1-5H3;/q-1;;/b;12-10-;. The summed E-state index contributed by atoms with van der Waals surface area (Å²) in [5.41, 5.74) is 5.79. The molecule has 1 aromatic heterocycles. The minimum absolute atomic E-state index is 0. The molecule has 0 saturated heterocycles. The Kier molecular flexibility index (Phi) is 14.0. The number of carbonyl (C=O) groups is 1. The number of rotatable bonds is 9. The molecule has 1 radical (unpaired) electrons. The molecule has 0 atom stereocenters. The summed E-state index contributed by atoms with van der Waals surface area (Å²) >= 11 is 0. The maximum atomic E-state index is 12.0. The molecule has 0 fully saturated rings. The second kappa shape index (κ2) is 16.3. The van der Waals surface area contributed by atoms with Crippen molar-refractivity contribution in [3.8, 4) is 11.3 Å². The number of aromatic nitrogens is 1. The molecule has 4 heteroatoms. The Hall–Kier alpha value is -2.81. The number of nitrogens with zero attached hydrogens (tertiary/aromatic N) is 1. The molecule has 251 valence electrons. The van der Waals surface area contributed by atoms with E-state index in [-0.39, 0.29) is 53.8 Å². The van der Waals surface area contributed by atoms with Crippen LogP contribution in [0.5, 0.6) is 0 Å². The molecule has 3 nitrogen and oxygen atoms in total. The summed E-state index contributed by atoms with van der Waals surface area (Å²) in [6.07, 6.45) is 5.85. The minimum atomic E-state index is -0.319. The number of hydrogen-bond donors (Lipinski definition) is 1. The van der Waals surface area contributed by atoms with Gasteiger partial charge in [-0.05, 0) is 54.6 Å². The SMILES string of the molecule is CC(C)(C)Cc1cc(-c2[c-]c3ccccc3c(C(C)(C)C)c2)nc2ccccc12.CCC(CC)/C(O)=C/C(=O)C(C)(CC)CC.[Ir]. The second-order valence-corrected chi connectivity index (χ2v) is 15.0. The van der Waals surface area contributed by atoms with Gasteiger partial charge in [-0.15, -0.1) is 29.1 Å². The predicted molar refractivity (Wildman–Crippen MR) is 194 cm³/mol. The van der Waals surface area contributed by atoms with Crippen LogP contribution in [0.2, 0.25) is 0 Å². The van der Waals surface area contributed by atoms with Crippen LogP contribution < -0.4 is 0 Å². The average Bonchev–Trinajstić information content (AvgIpc) is 2.99. The van der Waals surface area contributed by atoms with E-state index in [1.165, 1.54) is 28.0 Å². The summed E-state index contributed by atoms with van der Waals surface area (Å²) in [5, 5.41) is 13.6. The summed E-state index contributed by atoms with van der Waals surface area (Å²) in [7, 11) is 0. The van der Waals surface area contributed by atoms with Gasteiger partial charge in [-0.25, -0.2) is 0 Å². The fraction of sp³-hybridized carbons (Fsp3) is 0.476. The molecule has 0 unspecified atom stereocenters. The first-order chi connectivity index (χ1) is 21.1. The topological polar surface area (TPSA) is 50.2 Å². The third kappa shape index (κ3) is 9.85. The molecule has 0 aliphatic heterocycles. The molecule has 0 aliphatic rings. The van der Waals surface area contributed by atoms with E-state index in [1.54, 1.807) is 0 Å². The molecule has 3 aromatic carbocycles. The number of aliphatic hydroxyl groups excluding tert-OH is 1. The van der Waals surface area contributed by atoms with Gasteiger partial charge in [0.2, 0.25) is 0 Å². The van der Waals surface area contributed by atoms with Crippen LogP contribution in [0.3, 0.4) is 0 Å². The first-order valence-electron chi connectivity index (χ1n) is 16.9. The van der Waals surface area contributed by atoms with Gasteiger partial charge in [-0.1, -0.05) is 130 Å². The largest absolute Gasteiger partial charge is 0.512 e. The fourth-order valence-corrected chi connectivity index (χ4v) is 5.82. The molecule has 4 aromatic rings. The monoisotopic (exact) mass is 799 g/mol. The van der Waals surface area contributed by atoms with Gasteiger partial charge in [0, 0.05) is 48.6 Å². The molecular weight excluding hydrogens is 743 g/mol. The summed E-state index contributed by atoms with van der Waals surface area (Å²) < 4.78 is 0. The third-order valence-electron chi connectivity index (χ3n) is 9.22. The molecular formula is C42H56IrNO2-. The summed E-state index contributed by atoms with van der Waals surface area (Å²) in [6.45, 7) is 23.8. The van der Waals surface area contributed by atoms with Crippen LogP contribution in [0.25, 0.3) is 32.9 Å². The van der Waals surface area contributed by atoms with Crippen LogP contribution in [0, 0.1) is 22.8 Å². The van der Waals surface area contributed by atoms with Crippen LogP contribution in [-0.2, 0) is 36.7 Å². The van der Waals surface area contributed by atoms with E-state index in [1.807, 2.05) is 34.6 Å². The van der Waals surface area contributed by atoms with Crippen molar-refractivity contribution in [3.63, 3.8) is 0 Å². The zero-order valence-electron chi connectivity index (χ0n) is 30.1. The van der Waals surface area contributed by atoms with Gasteiger partial charge < -0.3 is 5.11 Å². The zero-order valence-corrected chi connectivity index (χ0v) is 32.5. The number of allylic oxidation sites excluding steroid dienone is 2. The first-order valence-corrected chi connectivity index (χ1v) is 16.9. The van der Waals surface area contributed by atoms with Crippen LogP contribution >= 0.6 is 0 Å². The summed E-state index contributed by atoms with van der Waals surface area (Å²) in [5.74, 6) is 0.437. The van der Waals surface area contributed by atoms with Crippen LogP contribution in [0.15, 0.2) is 72.5 Å². The Labute approximate surface area is 292 Å². The Morgan fingerprint density at radius 3 is 1.96 bits per heavy atom. The first kappa shape index (κ1) is 39.4. The molecule has 0 amide bonds. The van der Waals surface area contributed by atoms with E-state index in [9.17, 15) is 9.90 Å². The van der Waals surface area contributed by atoms with Crippen molar-refractivity contribution in [1.29, 1.82) is 0 Å². The normalized spacial score (nSPS) is 12.6. The van der Waals surface area contributed by atoms with E-state index >= 15 is 0 Å². The fourth-order valence-electron chi connectivity index (χ4n) is 5.82. The smallest absolute Gasteiger partial charge is 0.164 e. The Morgan fingerprint density at radius 2 is 1.41 bits per heavy atom. The van der Waals surface area contributed by atoms with Crippen molar-refractivity contribution in [2.45, 2.75) is 114 Å². The second-order valence-electron chi connectivity index (χ2n) is 15.0.